The van der Waals surface area contributed by atoms with Crippen molar-refractivity contribution < 1.29 is 9.53 Å². The molecule has 0 amide bonds. The number of carbonyl (C=O) groups excluding carboxylic acids is 1. The Bertz CT molecular complexity index is 721. The van der Waals surface area contributed by atoms with Gasteiger partial charge in [-0.25, -0.2) is 0 Å². The monoisotopic (exact) mass is 326 g/mol. The molecule has 2 aromatic carbocycles. The molecule has 0 N–H and O–H groups in total. The second kappa shape index (κ2) is 7.01. The van der Waals surface area contributed by atoms with Crippen molar-refractivity contribution in [2.24, 2.45) is 0 Å². The molecule has 0 aliphatic heterocycles. The number of halogens is 1. The van der Waals surface area contributed by atoms with Gasteiger partial charge >= 0.3 is 0 Å². The molecule has 0 heterocycles. The number of hydrogen-bond donors (Lipinski definition) is 0. The van der Waals surface area contributed by atoms with Crippen LogP contribution in [0.25, 0.3) is 6.08 Å². The van der Waals surface area contributed by atoms with Gasteiger partial charge in [-0.15, -0.1) is 11.6 Å². The summed E-state index contributed by atoms with van der Waals surface area (Å²) in [6.45, 7) is 0. The highest BCUT2D eigenvalue weighted by Crippen LogP contribution is 2.37. The van der Waals surface area contributed by atoms with Crippen LogP contribution in [0.5, 0.6) is 5.75 Å². The first-order chi connectivity index (χ1) is 11.2. The van der Waals surface area contributed by atoms with Gasteiger partial charge in [0.25, 0.3) is 0 Å². The van der Waals surface area contributed by atoms with Crippen molar-refractivity contribution in [3.8, 4) is 5.75 Å². The summed E-state index contributed by atoms with van der Waals surface area (Å²) >= 11 is 6.32. The molecule has 118 valence electrons. The Morgan fingerprint density at radius 2 is 1.78 bits per heavy atom. The van der Waals surface area contributed by atoms with E-state index in [4.69, 9.17) is 16.3 Å². The van der Waals surface area contributed by atoms with Gasteiger partial charge in [-0.2, -0.15) is 0 Å². The molecule has 23 heavy (non-hydrogen) atoms. The molecule has 0 radical (unpaired) electrons. The molecule has 0 aromatic heterocycles. The lowest BCUT2D eigenvalue weighted by atomic mass is 9.79. The van der Waals surface area contributed by atoms with Crippen LogP contribution in [0, 0.1) is 0 Å². The van der Waals surface area contributed by atoms with Crippen molar-refractivity contribution >= 4 is 23.5 Å². The minimum absolute atomic E-state index is 0.0322. The first-order valence-electron chi connectivity index (χ1n) is 7.76. The largest absolute Gasteiger partial charge is 0.496 e. The molecule has 0 saturated heterocycles. The highest BCUT2D eigenvalue weighted by Gasteiger charge is 2.31. The van der Waals surface area contributed by atoms with Crippen LogP contribution in [0.3, 0.4) is 0 Å². The van der Waals surface area contributed by atoms with Crippen molar-refractivity contribution in [2.75, 3.05) is 7.11 Å². The van der Waals surface area contributed by atoms with Crippen molar-refractivity contribution in [1.82, 2.24) is 0 Å². The van der Waals surface area contributed by atoms with Gasteiger partial charge < -0.3 is 4.74 Å². The number of ketones is 1. The van der Waals surface area contributed by atoms with Crippen LogP contribution < -0.4 is 4.74 Å². The zero-order valence-electron chi connectivity index (χ0n) is 13.0. The van der Waals surface area contributed by atoms with E-state index in [1.807, 2.05) is 48.5 Å². The quantitative estimate of drug-likeness (QED) is 0.596. The fourth-order valence-corrected chi connectivity index (χ4v) is 3.45. The molecule has 1 saturated carbocycles. The van der Waals surface area contributed by atoms with E-state index in [2.05, 4.69) is 12.1 Å². The molecule has 1 aliphatic rings. The van der Waals surface area contributed by atoms with Crippen LogP contribution in [0.4, 0.5) is 0 Å². The average molecular weight is 327 g/mol. The molecule has 2 aromatic rings. The molecule has 3 heteroatoms. The minimum atomic E-state index is -0.463. The molecular weight excluding hydrogens is 308 g/mol. The third-order valence-corrected chi connectivity index (χ3v) is 4.67. The summed E-state index contributed by atoms with van der Waals surface area (Å²) in [5.41, 5.74) is 2.92. The molecule has 0 bridgehead atoms. The van der Waals surface area contributed by atoms with Crippen LogP contribution in [0.1, 0.15) is 29.9 Å². The molecule has 2 unspecified atom stereocenters. The van der Waals surface area contributed by atoms with Crippen molar-refractivity contribution in [3.05, 3.63) is 71.3 Å². The van der Waals surface area contributed by atoms with Crippen LogP contribution in [-0.4, -0.2) is 18.3 Å². The highest BCUT2D eigenvalue weighted by molar-refractivity contribution is 6.34. The lowest BCUT2D eigenvalue weighted by molar-refractivity contribution is -0.116. The first kappa shape index (κ1) is 15.8. The van der Waals surface area contributed by atoms with Gasteiger partial charge in [0.1, 0.15) is 5.75 Å². The number of Topliss-reactive ketones (excluding diaryl/α,β-unsaturated/α-hetero) is 1. The molecule has 3 rings (SSSR count). The summed E-state index contributed by atoms with van der Waals surface area (Å²) in [6.07, 6.45) is 3.32. The molecule has 2 atom stereocenters. The Kier molecular flexibility index (Phi) is 4.82. The summed E-state index contributed by atoms with van der Waals surface area (Å²) in [5, 5.41) is -0.463. The fourth-order valence-electron chi connectivity index (χ4n) is 3.09. The number of benzene rings is 2. The van der Waals surface area contributed by atoms with Gasteiger partial charge in [-0.1, -0.05) is 48.5 Å². The van der Waals surface area contributed by atoms with Gasteiger partial charge in [0, 0.05) is 5.56 Å². The Balaban J connectivity index is 1.93. The zero-order valence-corrected chi connectivity index (χ0v) is 13.8. The van der Waals surface area contributed by atoms with Crippen molar-refractivity contribution in [1.29, 1.82) is 0 Å². The van der Waals surface area contributed by atoms with E-state index in [-0.39, 0.29) is 11.7 Å². The summed E-state index contributed by atoms with van der Waals surface area (Å²) in [7, 11) is 1.64. The molecule has 1 aliphatic carbocycles. The SMILES string of the molecule is COc1ccccc1C=C1CC(c2ccccc2)CC(Cl)C1=O. The van der Waals surface area contributed by atoms with E-state index in [0.717, 1.165) is 16.9 Å². The molecule has 2 nitrogen and oxygen atoms in total. The Labute approximate surface area is 141 Å². The van der Waals surface area contributed by atoms with Crippen LogP contribution in [0.15, 0.2) is 60.2 Å². The number of para-hydroxylation sites is 1. The Hall–Kier alpha value is -2.06. The third kappa shape index (κ3) is 3.48. The van der Waals surface area contributed by atoms with Gasteiger partial charge in [-0.3, -0.25) is 4.79 Å². The van der Waals surface area contributed by atoms with E-state index in [1.165, 1.54) is 5.56 Å². The zero-order chi connectivity index (χ0) is 16.2. The summed E-state index contributed by atoms with van der Waals surface area (Å²) in [4.78, 5) is 12.5. The topological polar surface area (TPSA) is 26.3 Å². The van der Waals surface area contributed by atoms with E-state index < -0.39 is 5.38 Å². The van der Waals surface area contributed by atoms with E-state index in [1.54, 1.807) is 7.11 Å². The van der Waals surface area contributed by atoms with Gasteiger partial charge in [-0.05, 0) is 42.0 Å². The third-order valence-electron chi connectivity index (χ3n) is 4.30. The summed E-state index contributed by atoms with van der Waals surface area (Å²) < 4.78 is 5.37. The number of rotatable bonds is 3. The number of ether oxygens (including phenoxy) is 1. The van der Waals surface area contributed by atoms with Crippen molar-refractivity contribution in [3.63, 3.8) is 0 Å². The van der Waals surface area contributed by atoms with E-state index in [0.29, 0.717) is 12.8 Å². The van der Waals surface area contributed by atoms with Gasteiger partial charge in [0.05, 0.1) is 12.5 Å². The summed E-state index contributed by atoms with van der Waals surface area (Å²) in [6, 6.07) is 18.0. The van der Waals surface area contributed by atoms with E-state index in [9.17, 15) is 4.79 Å². The lowest BCUT2D eigenvalue weighted by Gasteiger charge is -2.27. The van der Waals surface area contributed by atoms with Gasteiger partial charge in [0.15, 0.2) is 5.78 Å². The van der Waals surface area contributed by atoms with Crippen molar-refractivity contribution in [2.45, 2.75) is 24.1 Å². The molecule has 1 fully saturated rings. The fraction of sp³-hybridized carbons (Fsp3) is 0.250. The van der Waals surface area contributed by atoms with Crippen LogP contribution in [-0.2, 0) is 4.79 Å². The highest BCUT2D eigenvalue weighted by atomic mass is 35.5. The maximum atomic E-state index is 12.5. The number of allylic oxidation sites excluding steroid dienone is 1. The maximum absolute atomic E-state index is 12.5. The lowest BCUT2D eigenvalue weighted by Crippen LogP contribution is -2.26. The number of carbonyl (C=O) groups is 1. The van der Waals surface area contributed by atoms with Crippen LogP contribution >= 0.6 is 11.6 Å². The van der Waals surface area contributed by atoms with Crippen LogP contribution in [0.2, 0.25) is 0 Å². The van der Waals surface area contributed by atoms with E-state index >= 15 is 0 Å². The standard InChI is InChI=1S/C20H19ClO2/c1-23-19-10-6-5-9-15(19)11-17-12-16(13-18(21)20(17)22)14-7-3-2-4-8-14/h2-11,16,18H,12-13H2,1H3. The second-order valence-corrected chi connectivity index (χ2v) is 6.32. The number of methoxy groups -OCH3 is 1. The summed E-state index contributed by atoms with van der Waals surface area (Å²) in [5.74, 6) is 1.07. The normalized spacial score (nSPS) is 23.0. The first-order valence-corrected chi connectivity index (χ1v) is 8.19. The predicted molar refractivity (Wildman–Crippen MR) is 94.0 cm³/mol. The number of alkyl halides is 1. The number of hydrogen-bond acceptors (Lipinski definition) is 2. The second-order valence-electron chi connectivity index (χ2n) is 5.79. The average Bonchev–Trinajstić information content (AvgIpc) is 2.60. The van der Waals surface area contributed by atoms with Gasteiger partial charge in [0.2, 0.25) is 0 Å². The minimum Gasteiger partial charge on any atom is -0.496 e. The Morgan fingerprint density at radius 1 is 1.09 bits per heavy atom. The Morgan fingerprint density at radius 3 is 2.52 bits per heavy atom. The predicted octanol–water partition coefficient (Wildman–Crippen LogP) is 4.83. The molecular formula is C20H19ClO2. The molecule has 0 spiro atoms. The smallest absolute Gasteiger partial charge is 0.176 e. The maximum Gasteiger partial charge on any atom is 0.176 e.